The quantitative estimate of drug-likeness (QED) is 0.569. The lowest BCUT2D eigenvalue weighted by Gasteiger charge is -2.13. The number of benzene rings is 1. The summed E-state index contributed by atoms with van der Waals surface area (Å²) in [5.41, 5.74) is 5.45. The fourth-order valence-corrected chi connectivity index (χ4v) is 3.13. The van der Waals surface area contributed by atoms with Gasteiger partial charge >= 0.3 is 0 Å². The van der Waals surface area contributed by atoms with Crippen molar-refractivity contribution < 1.29 is 9.15 Å². The Morgan fingerprint density at radius 1 is 1.26 bits per heavy atom. The van der Waals surface area contributed by atoms with E-state index in [0.29, 0.717) is 23.8 Å². The van der Waals surface area contributed by atoms with Crippen molar-refractivity contribution in [3.05, 3.63) is 59.4 Å². The molecule has 0 saturated heterocycles. The molecule has 0 fully saturated rings. The van der Waals surface area contributed by atoms with Crippen molar-refractivity contribution >= 4 is 0 Å². The standard InChI is InChI=1S/C19H14N2O2/c1-2-22-19-15(11-20)17(16-8-5-9-23-16)14-10-12-6-3-4-7-13(12)18(14)21-19/h3-9H,2,10H2,1H3. The van der Waals surface area contributed by atoms with Gasteiger partial charge in [0.05, 0.1) is 18.6 Å². The first-order valence-electron chi connectivity index (χ1n) is 7.55. The summed E-state index contributed by atoms with van der Waals surface area (Å²) in [4.78, 5) is 4.64. The Morgan fingerprint density at radius 2 is 2.13 bits per heavy atom. The van der Waals surface area contributed by atoms with E-state index in [9.17, 15) is 5.26 Å². The van der Waals surface area contributed by atoms with Crippen molar-refractivity contribution in [2.24, 2.45) is 0 Å². The highest BCUT2D eigenvalue weighted by Crippen LogP contribution is 2.44. The number of aromatic nitrogens is 1. The zero-order valence-electron chi connectivity index (χ0n) is 12.7. The molecule has 1 aliphatic carbocycles. The van der Waals surface area contributed by atoms with Crippen molar-refractivity contribution in [1.82, 2.24) is 4.98 Å². The lowest BCUT2D eigenvalue weighted by atomic mass is 9.99. The monoisotopic (exact) mass is 302 g/mol. The van der Waals surface area contributed by atoms with E-state index >= 15 is 0 Å². The van der Waals surface area contributed by atoms with Crippen LogP contribution in [0.2, 0.25) is 0 Å². The van der Waals surface area contributed by atoms with Crippen LogP contribution in [0.15, 0.2) is 47.1 Å². The molecule has 0 amide bonds. The molecule has 4 rings (SSSR count). The molecular formula is C19H14N2O2. The SMILES string of the molecule is CCOc1nc2c(c(-c3ccco3)c1C#N)Cc1ccccc1-2. The second kappa shape index (κ2) is 5.29. The van der Waals surface area contributed by atoms with E-state index in [2.05, 4.69) is 23.2 Å². The summed E-state index contributed by atoms with van der Waals surface area (Å²) in [5, 5.41) is 9.66. The van der Waals surface area contributed by atoms with Gasteiger partial charge in [0.25, 0.3) is 0 Å². The van der Waals surface area contributed by atoms with Crippen LogP contribution in [-0.2, 0) is 6.42 Å². The summed E-state index contributed by atoms with van der Waals surface area (Å²) in [7, 11) is 0. The molecule has 23 heavy (non-hydrogen) atoms. The van der Waals surface area contributed by atoms with Gasteiger partial charge in [0.2, 0.25) is 5.88 Å². The Bertz CT molecular complexity index is 921. The molecule has 0 N–H and O–H groups in total. The van der Waals surface area contributed by atoms with E-state index in [1.807, 2.05) is 31.2 Å². The maximum Gasteiger partial charge on any atom is 0.233 e. The van der Waals surface area contributed by atoms with Gasteiger partial charge in [0.15, 0.2) is 0 Å². The number of hydrogen-bond donors (Lipinski definition) is 0. The molecule has 0 spiro atoms. The molecule has 1 aromatic carbocycles. The number of furan rings is 1. The molecule has 4 heteroatoms. The largest absolute Gasteiger partial charge is 0.477 e. The highest BCUT2D eigenvalue weighted by Gasteiger charge is 2.29. The van der Waals surface area contributed by atoms with Gasteiger partial charge in [0.1, 0.15) is 17.4 Å². The molecule has 3 aromatic rings. The van der Waals surface area contributed by atoms with E-state index in [-0.39, 0.29) is 0 Å². The van der Waals surface area contributed by atoms with Crippen LogP contribution in [0.4, 0.5) is 0 Å². The third kappa shape index (κ3) is 2.01. The van der Waals surface area contributed by atoms with E-state index in [4.69, 9.17) is 9.15 Å². The molecular weight excluding hydrogens is 288 g/mol. The maximum absolute atomic E-state index is 9.66. The molecule has 0 radical (unpaired) electrons. The minimum absolute atomic E-state index is 0.372. The zero-order valence-corrected chi connectivity index (χ0v) is 12.7. The van der Waals surface area contributed by atoms with E-state index in [0.717, 1.165) is 28.8 Å². The van der Waals surface area contributed by atoms with Crippen LogP contribution in [0, 0.1) is 11.3 Å². The predicted molar refractivity (Wildman–Crippen MR) is 86.1 cm³/mol. The van der Waals surface area contributed by atoms with Crippen LogP contribution < -0.4 is 4.74 Å². The van der Waals surface area contributed by atoms with E-state index in [1.54, 1.807) is 6.26 Å². The van der Waals surface area contributed by atoms with Gasteiger partial charge < -0.3 is 9.15 Å². The van der Waals surface area contributed by atoms with Gasteiger partial charge in [-0.1, -0.05) is 24.3 Å². The van der Waals surface area contributed by atoms with Gasteiger partial charge in [-0.05, 0) is 30.2 Å². The first-order valence-corrected chi connectivity index (χ1v) is 7.55. The molecule has 0 aliphatic heterocycles. The highest BCUT2D eigenvalue weighted by molar-refractivity contribution is 5.85. The average Bonchev–Trinajstić information content (AvgIpc) is 3.21. The van der Waals surface area contributed by atoms with E-state index in [1.165, 1.54) is 5.56 Å². The second-order valence-corrected chi connectivity index (χ2v) is 5.35. The normalized spacial score (nSPS) is 11.7. The summed E-state index contributed by atoms with van der Waals surface area (Å²) < 4.78 is 11.2. The molecule has 0 atom stereocenters. The fraction of sp³-hybridized carbons (Fsp3) is 0.158. The number of pyridine rings is 1. The van der Waals surface area contributed by atoms with Gasteiger partial charge in [-0.15, -0.1) is 0 Å². The Morgan fingerprint density at radius 3 is 2.87 bits per heavy atom. The number of ether oxygens (including phenoxy) is 1. The molecule has 0 unspecified atom stereocenters. The molecule has 0 saturated carbocycles. The summed E-state index contributed by atoms with van der Waals surface area (Å²) in [6, 6.07) is 14.1. The van der Waals surface area contributed by atoms with Crippen molar-refractivity contribution in [2.45, 2.75) is 13.3 Å². The van der Waals surface area contributed by atoms with Gasteiger partial charge in [-0.3, -0.25) is 0 Å². The summed E-state index contributed by atoms with van der Waals surface area (Å²) in [6.45, 7) is 2.34. The Labute approximate surface area is 134 Å². The maximum atomic E-state index is 9.66. The van der Waals surface area contributed by atoms with Gasteiger partial charge in [0, 0.05) is 17.5 Å². The average molecular weight is 302 g/mol. The zero-order chi connectivity index (χ0) is 15.8. The van der Waals surface area contributed by atoms with E-state index < -0.39 is 0 Å². The number of nitriles is 1. The lowest BCUT2D eigenvalue weighted by Crippen LogP contribution is -2.03. The number of hydrogen-bond acceptors (Lipinski definition) is 4. The topological polar surface area (TPSA) is 59.1 Å². The highest BCUT2D eigenvalue weighted by atomic mass is 16.5. The summed E-state index contributed by atoms with van der Waals surface area (Å²) in [5.74, 6) is 1.05. The van der Waals surface area contributed by atoms with Crippen LogP contribution >= 0.6 is 0 Å². The lowest BCUT2D eigenvalue weighted by molar-refractivity contribution is 0.326. The third-order valence-electron chi connectivity index (χ3n) is 4.06. The minimum Gasteiger partial charge on any atom is -0.477 e. The first kappa shape index (κ1) is 13.6. The fourth-order valence-electron chi connectivity index (χ4n) is 3.13. The van der Waals surface area contributed by atoms with Gasteiger partial charge in [-0.2, -0.15) is 5.26 Å². The van der Waals surface area contributed by atoms with Crippen molar-refractivity contribution in [3.8, 4) is 34.5 Å². The van der Waals surface area contributed by atoms with Crippen LogP contribution in [0.25, 0.3) is 22.6 Å². The smallest absolute Gasteiger partial charge is 0.233 e. The number of nitrogens with zero attached hydrogens (tertiary/aromatic N) is 2. The third-order valence-corrected chi connectivity index (χ3v) is 4.06. The Balaban J connectivity index is 2.06. The second-order valence-electron chi connectivity index (χ2n) is 5.35. The van der Waals surface area contributed by atoms with Crippen LogP contribution in [0.5, 0.6) is 5.88 Å². The van der Waals surface area contributed by atoms with Crippen LogP contribution in [0.1, 0.15) is 23.6 Å². The molecule has 2 heterocycles. The molecule has 112 valence electrons. The summed E-state index contributed by atoms with van der Waals surface area (Å²) >= 11 is 0. The molecule has 2 aromatic heterocycles. The summed E-state index contributed by atoms with van der Waals surface area (Å²) in [6.07, 6.45) is 2.36. The number of rotatable bonds is 3. The van der Waals surface area contributed by atoms with Crippen LogP contribution in [-0.4, -0.2) is 11.6 Å². The predicted octanol–water partition coefficient (Wildman–Crippen LogP) is 4.18. The van der Waals surface area contributed by atoms with Crippen molar-refractivity contribution in [2.75, 3.05) is 6.61 Å². The van der Waals surface area contributed by atoms with Crippen molar-refractivity contribution in [3.63, 3.8) is 0 Å². The Kier molecular flexibility index (Phi) is 3.13. The first-order chi connectivity index (χ1) is 11.3. The molecule has 1 aliphatic rings. The van der Waals surface area contributed by atoms with Crippen molar-refractivity contribution in [1.29, 1.82) is 5.26 Å². The molecule has 4 nitrogen and oxygen atoms in total. The van der Waals surface area contributed by atoms with Crippen LogP contribution in [0.3, 0.4) is 0 Å². The number of fused-ring (bicyclic) bond motifs is 3. The Hall–Kier alpha value is -3.06. The van der Waals surface area contributed by atoms with Gasteiger partial charge in [-0.25, -0.2) is 4.98 Å². The minimum atomic E-state index is 0.372. The molecule has 0 bridgehead atoms.